The Morgan fingerprint density at radius 1 is 1.17 bits per heavy atom. The van der Waals surface area contributed by atoms with Gasteiger partial charge in [-0.2, -0.15) is 5.26 Å². The number of carbonyl (C=O) groups excluding carboxylic acids is 1. The first-order valence-electron chi connectivity index (χ1n) is 8.07. The van der Waals surface area contributed by atoms with Crippen molar-refractivity contribution in [3.8, 4) is 11.8 Å². The number of nitrogens with one attached hydrogen (secondary N) is 2. The Morgan fingerprint density at radius 3 is 2.62 bits per heavy atom. The maximum absolute atomic E-state index is 12.2. The van der Waals surface area contributed by atoms with E-state index in [-0.39, 0.29) is 23.3 Å². The van der Waals surface area contributed by atoms with Crippen LogP contribution in [0, 0.1) is 11.3 Å². The summed E-state index contributed by atoms with van der Waals surface area (Å²) >= 11 is 0. The second-order valence-corrected chi connectivity index (χ2v) is 5.95. The van der Waals surface area contributed by atoms with Crippen LogP contribution in [0.4, 0.5) is 5.69 Å². The Morgan fingerprint density at radius 2 is 1.88 bits per heavy atom. The zero-order valence-electron chi connectivity index (χ0n) is 13.2. The molecule has 3 rings (SSSR count). The molecular weight excluding hydrogens is 302 g/mol. The number of hydrogen-bond acceptors (Lipinski definition) is 4. The number of aromatic hydroxyl groups is 1. The van der Waals surface area contributed by atoms with Gasteiger partial charge in [0.1, 0.15) is 17.4 Å². The Hall–Kier alpha value is -3.00. The fourth-order valence-electron chi connectivity index (χ4n) is 3.05. The zero-order valence-corrected chi connectivity index (χ0v) is 13.2. The molecule has 122 valence electrons. The van der Waals surface area contributed by atoms with Gasteiger partial charge >= 0.3 is 0 Å². The summed E-state index contributed by atoms with van der Waals surface area (Å²) in [7, 11) is 0. The third kappa shape index (κ3) is 3.33. The van der Waals surface area contributed by atoms with Crippen molar-refractivity contribution in [2.75, 3.05) is 5.32 Å². The van der Waals surface area contributed by atoms with E-state index in [1.807, 2.05) is 30.3 Å². The maximum Gasteiger partial charge on any atom is 0.263 e. The van der Waals surface area contributed by atoms with E-state index < -0.39 is 0 Å². The molecule has 0 bridgehead atoms. The number of rotatable bonds is 4. The lowest BCUT2D eigenvalue weighted by Gasteiger charge is -2.11. The number of nitriles is 1. The standard InChI is InChI=1S/C19H19N3O2/c20-11-13(19(24)22-14-5-1-2-6-14)12-21-17-9-3-8-16-15(17)7-4-10-18(16)23/h3-4,7-10,12,14,21,23H,1-2,5-6H2,(H,22,24)/b13-12-. The first-order chi connectivity index (χ1) is 11.7. The zero-order chi connectivity index (χ0) is 16.9. The number of fused-ring (bicyclic) bond motifs is 1. The van der Waals surface area contributed by atoms with Gasteiger partial charge in [0, 0.05) is 28.7 Å². The predicted octanol–water partition coefficient (Wildman–Crippen LogP) is 3.42. The minimum absolute atomic E-state index is 0.0408. The van der Waals surface area contributed by atoms with Crippen LogP contribution >= 0.6 is 0 Å². The monoisotopic (exact) mass is 321 g/mol. The van der Waals surface area contributed by atoms with E-state index in [2.05, 4.69) is 10.6 Å². The largest absolute Gasteiger partial charge is 0.507 e. The highest BCUT2D eigenvalue weighted by atomic mass is 16.3. The van der Waals surface area contributed by atoms with Crippen LogP contribution in [0.25, 0.3) is 10.8 Å². The molecule has 1 amide bonds. The Kier molecular flexibility index (Phi) is 4.66. The molecule has 1 fully saturated rings. The van der Waals surface area contributed by atoms with E-state index in [0.29, 0.717) is 5.39 Å². The summed E-state index contributed by atoms with van der Waals surface area (Å²) in [6.45, 7) is 0. The number of nitrogens with zero attached hydrogens (tertiary/aromatic N) is 1. The van der Waals surface area contributed by atoms with Crippen LogP contribution in [0.5, 0.6) is 5.75 Å². The fraction of sp³-hybridized carbons (Fsp3) is 0.263. The van der Waals surface area contributed by atoms with E-state index in [4.69, 9.17) is 0 Å². The molecule has 0 aliphatic heterocycles. The normalized spacial score (nSPS) is 15.2. The van der Waals surface area contributed by atoms with Gasteiger partial charge < -0.3 is 15.7 Å². The molecular formula is C19H19N3O2. The lowest BCUT2D eigenvalue weighted by atomic mass is 10.1. The molecule has 0 saturated heterocycles. The topological polar surface area (TPSA) is 85.2 Å². The summed E-state index contributed by atoms with van der Waals surface area (Å²) in [6.07, 6.45) is 5.60. The summed E-state index contributed by atoms with van der Waals surface area (Å²) in [5.41, 5.74) is 0.767. The number of phenolic OH excluding ortho intramolecular Hbond substituents is 1. The molecule has 0 unspecified atom stereocenters. The molecule has 2 aromatic carbocycles. The molecule has 5 heteroatoms. The molecule has 1 aliphatic carbocycles. The number of hydrogen-bond donors (Lipinski definition) is 3. The molecule has 3 N–H and O–H groups in total. The van der Waals surface area contributed by atoms with Crippen LogP contribution in [0.3, 0.4) is 0 Å². The van der Waals surface area contributed by atoms with Crippen molar-refractivity contribution in [3.63, 3.8) is 0 Å². The van der Waals surface area contributed by atoms with Gasteiger partial charge in [0.25, 0.3) is 5.91 Å². The van der Waals surface area contributed by atoms with Gasteiger partial charge in [-0.3, -0.25) is 4.79 Å². The van der Waals surface area contributed by atoms with E-state index in [1.165, 1.54) is 6.20 Å². The second-order valence-electron chi connectivity index (χ2n) is 5.95. The van der Waals surface area contributed by atoms with Crippen molar-refractivity contribution in [1.82, 2.24) is 5.32 Å². The number of carbonyl (C=O) groups is 1. The molecule has 1 aliphatic rings. The first-order valence-corrected chi connectivity index (χ1v) is 8.07. The number of benzene rings is 2. The van der Waals surface area contributed by atoms with Gasteiger partial charge in [0.2, 0.25) is 0 Å². The summed E-state index contributed by atoms with van der Waals surface area (Å²) < 4.78 is 0. The smallest absolute Gasteiger partial charge is 0.263 e. The fourth-order valence-corrected chi connectivity index (χ4v) is 3.05. The average molecular weight is 321 g/mol. The summed E-state index contributed by atoms with van der Waals surface area (Å²) in [5.74, 6) is -0.153. The van der Waals surface area contributed by atoms with Gasteiger partial charge in [-0.15, -0.1) is 0 Å². The summed E-state index contributed by atoms with van der Waals surface area (Å²) in [5, 5.41) is 26.6. The van der Waals surface area contributed by atoms with E-state index in [9.17, 15) is 15.2 Å². The lowest BCUT2D eigenvalue weighted by molar-refractivity contribution is -0.117. The summed E-state index contributed by atoms with van der Waals surface area (Å²) in [4.78, 5) is 12.2. The minimum atomic E-state index is -0.347. The molecule has 1 saturated carbocycles. The highest BCUT2D eigenvalue weighted by molar-refractivity contribution is 6.00. The van der Waals surface area contributed by atoms with E-state index in [0.717, 1.165) is 36.8 Å². The van der Waals surface area contributed by atoms with Gasteiger partial charge in [-0.1, -0.05) is 37.1 Å². The van der Waals surface area contributed by atoms with Crippen LogP contribution in [-0.4, -0.2) is 17.1 Å². The molecule has 0 atom stereocenters. The van der Waals surface area contributed by atoms with Crippen molar-refractivity contribution in [1.29, 1.82) is 5.26 Å². The van der Waals surface area contributed by atoms with Crippen molar-refractivity contribution in [2.45, 2.75) is 31.7 Å². The van der Waals surface area contributed by atoms with Crippen molar-refractivity contribution < 1.29 is 9.90 Å². The summed E-state index contributed by atoms with van der Waals surface area (Å²) in [6, 6.07) is 12.8. The molecule has 0 aromatic heterocycles. The first kappa shape index (κ1) is 15.9. The van der Waals surface area contributed by atoms with Crippen molar-refractivity contribution >= 4 is 22.4 Å². The average Bonchev–Trinajstić information content (AvgIpc) is 3.09. The molecule has 24 heavy (non-hydrogen) atoms. The highest BCUT2D eigenvalue weighted by Gasteiger charge is 2.19. The minimum Gasteiger partial charge on any atom is -0.507 e. The molecule has 5 nitrogen and oxygen atoms in total. The third-order valence-electron chi connectivity index (χ3n) is 4.33. The Labute approximate surface area is 140 Å². The molecule has 2 aromatic rings. The quantitative estimate of drug-likeness (QED) is 0.595. The van der Waals surface area contributed by atoms with Crippen molar-refractivity contribution in [2.24, 2.45) is 0 Å². The second kappa shape index (κ2) is 7.05. The van der Waals surface area contributed by atoms with Crippen LogP contribution in [-0.2, 0) is 4.79 Å². The maximum atomic E-state index is 12.2. The lowest BCUT2D eigenvalue weighted by Crippen LogP contribution is -2.33. The highest BCUT2D eigenvalue weighted by Crippen LogP contribution is 2.29. The molecule has 0 heterocycles. The van der Waals surface area contributed by atoms with Crippen LogP contribution in [0.2, 0.25) is 0 Å². The van der Waals surface area contributed by atoms with Gasteiger partial charge in [0.05, 0.1) is 0 Å². The molecule has 0 spiro atoms. The third-order valence-corrected chi connectivity index (χ3v) is 4.33. The number of anilines is 1. The van der Waals surface area contributed by atoms with Gasteiger partial charge in [-0.05, 0) is 25.0 Å². The van der Waals surface area contributed by atoms with E-state index in [1.54, 1.807) is 12.1 Å². The van der Waals surface area contributed by atoms with Crippen LogP contribution in [0.15, 0.2) is 48.2 Å². The van der Waals surface area contributed by atoms with E-state index >= 15 is 0 Å². The Balaban J connectivity index is 1.79. The number of phenols is 1. The van der Waals surface area contributed by atoms with Gasteiger partial charge in [-0.25, -0.2) is 0 Å². The van der Waals surface area contributed by atoms with Crippen LogP contribution in [0.1, 0.15) is 25.7 Å². The molecule has 0 radical (unpaired) electrons. The predicted molar refractivity (Wildman–Crippen MR) is 93.3 cm³/mol. The SMILES string of the molecule is N#C/C(=C/Nc1cccc2c(O)cccc12)C(=O)NC1CCCC1. The van der Waals surface area contributed by atoms with Crippen molar-refractivity contribution in [3.05, 3.63) is 48.2 Å². The number of amides is 1. The van der Waals surface area contributed by atoms with Gasteiger partial charge in [0.15, 0.2) is 0 Å². The Bertz CT molecular complexity index is 830. The van der Waals surface area contributed by atoms with Crippen LogP contribution < -0.4 is 10.6 Å².